The average molecular weight is 261 g/mol. The Kier molecular flexibility index (Phi) is 2.91. The summed E-state index contributed by atoms with van der Waals surface area (Å²) in [5, 5.41) is 17.7. The maximum absolute atomic E-state index is 8.85. The Morgan fingerprint density at radius 2 is 2.47 bits per heavy atom. The maximum Gasteiger partial charge on any atom is 0.128 e. The van der Waals surface area contributed by atoms with Gasteiger partial charge >= 0.3 is 0 Å². The van der Waals surface area contributed by atoms with Gasteiger partial charge in [0, 0.05) is 28.0 Å². The van der Waals surface area contributed by atoms with Crippen molar-refractivity contribution in [2.75, 3.05) is 5.75 Å². The van der Waals surface area contributed by atoms with Crippen LogP contribution in [-0.4, -0.2) is 15.5 Å². The van der Waals surface area contributed by atoms with E-state index in [4.69, 9.17) is 5.26 Å². The summed E-state index contributed by atoms with van der Waals surface area (Å²) >= 11 is 3.63. The number of thioether (sulfide) groups is 1. The first-order chi connectivity index (χ1) is 8.40. The highest BCUT2D eigenvalue weighted by Crippen LogP contribution is 2.33. The second-order valence-corrected chi connectivity index (χ2v) is 5.79. The van der Waals surface area contributed by atoms with Gasteiger partial charge in [0.05, 0.1) is 11.8 Å². The number of rotatable bonds is 2. The molecule has 1 aliphatic heterocycles. The topological polar surface area (TPSA) is 41.6 Å². The number of nitriles is 1. The minimum absolute atomic E-state index is 0.358. The van der Waals surface area contributed by atoms with E-state index >= 15 is 0 Å². The van der Waals surface area contributed by atoms with Crippen molar-refractivity contribution in [3.05, 3.63) is 28.1 Å². The Morgan fingerprint density at radius 3 is 3.24 bits per heavy atom. The number of aromatic nitrogens is 2. The molecule has 0 saturated heterocycles. The van der Waals surface area contributed by atoms with Crippen molar-refractivity contribution in [3.63, 3.8) is 0 Å². The SMILES string of the molecule is N#CCn1nc(-c2ccsc2)c2c1CCSC2. The molecule has 0 N–H and O–H groups in total. The average Bonchev–Trinajstić information content (AvgIpc) is 2.97. The number of thiophene rings is 1. The molecule has 0 bridgehead atoms. The third kappa shape index (κ3) is 1.88. The quantitative estimate of drug-likeness (QED) is 0.834. The Balaban J connectivity index is 2.13. The lowest BCUT2D eigenvalue weighted by Crippen LogP contribution is -2.08. The summed E-state index contributed by atoms with van der Waals surface area (Å²) in [4.78, 5) is 0. The third-order valence-electron chi connectivity index (χ3n) is 2.91. The molecule has 0 spiro atoms. The van der Waals surface area contributed by atoms with Gasteiger partial charge in [0.1, 0.15) is 6.54 Å². The van der Waals surface area contributed by atoms with E-state index in [2.05, 4.69) is 28.0 Å². The van der Waals surface area contributed by atoms with Crippen molar-refractivity contribution in [2.24, 2.45) is 0 Å². The zero-order valence-electron chi connectivity index (χ0n) is 9.22. The van der Waals surface area contributed by atoms with Gasteiger partial charge < -0.3 is 0 Å². The van der Waals surface area contributed by atoms with Crippen LogP contribution in [0.4, 0.5) is 0 Å². The minimum atomic E-state index is 0.358. The summed E-state index contributed by atoms with van der Waals surface area (Å²) in [6, 6.07) is 4.29. The molecule has 2 aromatic rings. The lowest BCUT2D eigenvalue weighted by atomic mass is 10.1. The molecule has 17 heavy (non-hydrogen) atoms. The second kappa shape index (κ2) is 4.55. The highest BCUT2D eigenvalue weighted by Gasteiger charge is 2.21. The van der Waals surface area contributed by atoms with Crippen LogP contribution in [0.3, 0.4) is 0 Å². The van der Waals surface area contributed by atoms with Crippen LogP contribution in [0.1, 0.15) is 11.3 Å². The summed E-state index contributed by atoms with van der Waals surface area (Å²) in [6.07, 6.45) is 1.03. The van der Waals surface area contributed by atoms with Gasteiger partial charge in [-0.3, -0.25) is 4.68 Å². The van der Waals surface area contributed by atoms with Crippen LogP contribution in [0.5, 0.6) is 0 Å². The number of hydrogen-bond acceptors (Lipinski definition) is 4. The summed E-state index contributed by atoms with van der Waals surface area (Å²) in [7, 11) is 0. The number of nitrogens with zero attached hydrogens (tertiary/aromatic N) is 3. The lowest BCUT2D eigenvalue weighted by molar-refractivity contribution is 0.669. The Labute approximate surface area is 108 Å². The predicted octanol–water partition coefficient (Wildman–Crippen LogP) is 2.92. The molecule has 3 heterocycles. The van der Waals surface area contributed by atoms with E-state index in [1.54, 1.807) is 11.3 Å². The molecule has 3 nitrogen and oxygen atoms in total. The smallest absolute Gasteiger partial charge is 0.128 e. The summed E-state index contributed by atoms with van der Waals surface area (Å²) in [5.74, 6) is 2.15. The third-order valence-corrected chi connectivity index (χ3v) is 4.58. The van der Waals surface area contributed by atoms with Crippen LogP contribution in [0.25, 0.3) is 11.3 Å². The molecule has 0 aromatic carbocycles. The Morgan fingerprint density at radius 1 is 1.53 bits per heavy atom. The molecule has 0 atom stereocenters. The lowest BCUT2D eigenvalue weighted by Gasteiger charge is -2.12. The van der Waals surface area contributed by atoms with Crippen LogP contribution in [0, 0.1) is 11.3 Å². The van der Waals surface area contributed by atoms with Crippen molar-refractivity contribution in [1.29, 1.82) is 5.26 Å². The van der Waals surface area contributed by atoms with Crippen molar-refractivity contribution < 1.29 is 0 Å². The van der Waals surface area contributed by atoms with Crippen molar-refractivity contribution in [1.82, 2.24) is 9.78 Å². The molecule has 1 aliphatic rings. The highest BCUT2D eigenvalue weighted by molar-refractivity contribution is 7.98. The predicted molar refractivity (Wildman–Crippen MR) is 71.0 cm³/mol. The number of fused-ring (bicyclic) bond motifs is 1. The first kappa shape index (κ1) is 10.9. The zero-order valence-corrected chi connectivity index (χ0v) is 10.9. The van der Waals surface area contributed by atoms with Gasteiger partial charge in [-0.25, -0.2) is 0 Å². The van der Waals surface area contributed by atoms with Crippen LogP contribution in [-0.2, 0) is 18.7 Å². The zero-order chi connectivity index (χ0) is 11.7. The highest BCUT2D eigenvalue weighted by atomic mass is 32.2. The second-order valence-electron chi connectivity index (χ2n) is 3.90. The van der Waals surface area contributed by atoms with Gasteiger partial charge in [0.25, 0.3) is 0 Å². The maximum atomic E-state index is 8.85. The first-order valence-electron chi connectivity index (χ1n) is 5.46. The Hall–Kier alpha value is -1.25. The van der Waals surface area contributed by atoms with E-state index in [1.165, 1.54) is 16.8 Å². The first-order valence-corrected chi connectivity index (χ1v) is 7.55. The molecule has 0 fully saturated rings. The fourth-order valence-corrected chi connectivity index (χ4v) is 3.77. The molecule has 2 aromatic heterocycles. The van der Waals surface area contributed by atoms with Crippen molar-refractivity contribution in [3.8, 4) is 17.3 Å². The van der Waals surface area contributed by atoms with Gasteiger partial charge in [-0.2, -0.15) is 33.5 Å². The van der Waals surface area contributed by atoms with E-state index in [9.17, 15) is 0 Å². The molecule has 0 aliphatic carbocycles. The number of hydrogen-bond donors (Lipinski definition) is 0. The largest absolute Gasteiger partial charge is 0.254 e. The monoisotopic (exact) mass is 261 g/mol. The van der Waals surface area contributed by atoms with Crippen LogP contribution in [0.15, 0.2) is 16.8 Å². The molecule has 0 unspecified atom stereocenters. The molecule has 0 saturated carbocycles. The molecule has 5 heteroatoms. The summed E-state index contributed by atoms with van der Waals surface area (Å²) < 4.78 is 1.88. The van der Waals surface area contributed by atoms with Crippen LogP contribution < -0.4 is 0 Å². The van der Waals surface area contributed by atoms with E-state index in [0.717, 1.165) is 23.6 Å². The van der Waals surface area contributed by atoms with Crippen molar-refractivity contribution in [2.45, 2.75) is 18.7 Å². The summed E-state index contributed by atoms with van der Waals surface area (Å²) in [5.41, 5.74) is 4.84. The summed E-state index contributed by atoms with van der Waals surface area (Å²) in [6.45, 7) is 0.358. The van der Waals surface area contributed by atoms with Crippen LogP contribution >= 0.6 is 23.1 Å². The van der Waals surface area contributed by atoms with E-state index in [0.29, 0.717) is 6.54 Å². The van der Waals surface area contributed by atoms with E-state index < -0.39 is 0 Å². The van der Waals surface area contributed by atoms with Gasteiger partial charge in [-0.05, 0) is 23.6 Å². The molecular weight excluding hydrogens is 250 g/mol. The van der Waals surface area contributed by atoms with Crippen LogP contribution in [0.2, 0.25) is 0 Å². The standard InChI is InChI=1S/C12H11N3S2/c13-3-4-15-11-2-6-17-8-10(11)12(14-15)9-1-5-16-7-9/h1,5,7H,2,4,6,8H2. The molecule has 0 radical (unpaired) electrons. The van der Waals surface area contributed by atoms with Gasteiger partial charge in [-0.1, -0.05) is 0 Å². The van der Waals surface area contributed by atoms with Crippen molar-refractivity contribution >= 4 is 23.1 Å². The molecule has 86 valence electrons. The fourth-order valence-electron chi connectivity index (χ4n) is 2.14. The molecule has 0 amide bonds. The van der Waals surface area contributed by atoms with E-state index in [1.807, 2.05) is 16.4 Å². The fraction of sp³-hybridized carbons (Fsp3) is 0.333. The molecule has 3 rings (SSSR count). The normalized spacial score (nSPS) is 14.3. The Bertz CT molecular complexity index is 563. The minimum Gasteiger partial charge on any atom is -0.254 e. The van der Waals surface area contributed by atoms with Gasteiger partial charge in [-0.15, -0.1) is 0 Å². The van der Waals surface area contributed by atoms with Gasteiger partial charge in [0.15, 0.2) is 0 Å². The molecular formula is C12H11N3S2. The van der Waals surface area contributed by atoms with E-state index in [-0.39, 0.29) is 0 Å². The van der Waals surface area contributed by atoms with Gasteiger partial charge in [0.2, 0.25) is 0 Å².